The molecule has 1 aromatic heterocycles. The van der Waals surface area contributed by atoms with Gasteiger partial charge in [0.1, 0.15) is 5.75 Å². The second-order valence-electron chi connectivity index (χ2n) is 5.82. The second kappa shape index (κ2) is 7.82. The van der Waals surface area contributed by atoms with Crippen LogP contribution in [0.1, 0.15) is 15.9 Å². The van der Waals surface area contributed by atoms with Crippen LogP contribution < -0.4 is 4.74 Å². The van der Waals surface area contributed by atoms with Crippen molar-refractivity contribution in [3.63, 3.8) is 0 Å². The number of nitrogens with zero attached hydrogens (tertiary/aromatic N) is 2. The van der Waals surface area contributed by atoms with Crippen molar-refractivity contribution in [3.05, 3.63) is 84.2 Å². The molecule has 2 aromatic carbocycles. The third-order valence-corrected chi connectivity index (χ3v) is 3.93. The monoisotopic (exact) mass is 356 g/mol. The number of amides is 1. The smallest absolute Gasteiger partial charge is 0.387 e. The minimum atomic E-state index is -2.85. The van der Waals surface area contributed by atoms with Gasteiger partial charge < -0.3 is 14.2 Å². The molecule has 0 saturated carbocycles. The molecule has 1 amide bonds. The number of halogens is 2. The highest BCUT2D eigenvalue weighted by atomic mass is 19.3. The molecule has 0 unspecified atom stereocenters. The van der Waals surface area contributed by atoms with Crippen LogP contribution in [0.15, 0.2) is 73.1 Å². The van der Waals surface area contributed by atoms with Gasteiger partial charge in [0.05, 0.1) is 0 Å². The summed E-state index contributed by atoms with van der Waals surface area (Å²) in [6, 6.07) is 17.5. The third-order valence-electron chi connectivity index (χ3n) is 3.93. The van der Waals surface area contributed by atoms with Gasteiger partial charge in [0.2, 0.25) is 0 Å². The Bertz CT molecular complexity index is 845. The highest BCUT2D eigenvalue weighted by Crippen LogP contribution is 2.17. The molecule has 6 heteroatoms. The van der Waals surface area contributed by atoms with E-state index in [4.69, 9.17) is 0 Å². The van der Waals surface area contributed by atoms with Crippen LogP contribution in [0, 0.1) is 0 Å². The van der Waals surface area contributed by atoms with Crippen molar-refractivity contribution in [1.82, 2.24) is 9.47 Å². The fraction of sp³-hybridized carbons (Fsp3) is 0.150. The zero-order valence-electron chi connectivity index (χ0n) is 14.2. The predicted octanol–water partition coefficient (Wildman–Crippen LogP) is 4.35. The predicted molar refractivity (Wildman–Crippen MR) is 94.6 cm³/mol. The number of hydrogen-bond donors (Lipinski definition) is 0. The van der Waals surface area contributed by atoms with Gasteiger partial charge in [-0.05, 0) is 54.1 Å². The molecule has 26 heavy (non-hydrogen) atoms. The van der Waals surface area contributed by atoms with E-state index < -0.39 is 6.61 Å². The Kier molecular flexibility index (Phi) is 5.31. The fourth-order valence-corrected chi connectivity index (χ4v) is 2.63. The zero-order chi connectivity index (χ0) is 18.5. The lowest BCUT2D eigenvalue weighted by Crippen LogP contribution is -2.26. The molecule has 0 saturated heterocycles. The molecule has 134 valence electrons. The summed E-state index contributed by atoms with van der Waals surface area (Å²) in [5.41, 5.74) is 2.39. The van der Waals surface area contributed by atoms with Gasteiger partial charge in [0, 0.05) is 37.2 Å². The summed E-state index contributed by atoms with van der Waals surface area (Å²) < 4.78 is 30.6. The molecule has 0 bridgehead atoms. The summed E-state index contributed by atoms with van der Waals surface area (Å²) in [4.78, 5) is 14.1. The Balaban J connectivity index is 1.64. The first-order valence-electron chi connectivity index (χ1n) is 8.05. The maximum absolute atomic E-state index is 12.6. The number of rotatable bonds is 6. The van der Waals surface area contributed by atoms with Crippen molar-refractivity contribution >= 4 is 5.91 Å². The van der Waals surface area contributed by atoms with Gasteiger partial charge in [0.25, 0.3) is 5.91 Å². The molecule has 0 aliphatic rings. The Morgan fingerprint density at radius 1 is 1.04 bits per heavy atom. The SMILES string of the molecule is CN(Cc1ccc(OC(F)F)cc1)C(=O)c1ccc(-n2cccc2)cc1. The molecule has 0 aliphatic carbocycles. The van der Waals surface area contributed by atoms with Crippen molar-refractivity contribution in [1.29, 1.82) is 0 Å². The van der Waals surface area contributed by atoms with Gasteiger partial charge in [-0.25, -0.2) is 0 Å². The number of carbonyl (C=O) groups is 1. The number of ether oxygens (including phenoxy) is 1. The first kappa shape index (κ1) is 17.7. The Morgan fingerprint density at radius 3 is 2.23 bits per heavy atom. The molecule has 0 fully saturated rings. The minimum absolute atomic E-state index is 0.0957. The normalized spacial score (nSPS) is 10.8. The molecule has 3 rings (SSSR count). The van der Waals surface area contributed by atoms with E-state index in [1.807, 2.05) is 41.2 Å². The largest absolute Gasteiger partial charge is 0.435 e. The second-order valence-corrected chi connectivity index (χ2v) is 5.82. The Labute approximate surface area is 150 Å². The van der Waals surface area contributed by atoms with E-state index in [1.165, 1.54) is 12.1 Å². The van der Waals surface area contributed by atoms with Gasteiger partial charge in [0.15, 0.2) is 0 Å². The van der Waals surface area contributed by atoms with Crippen molar-refractivity contribution in [2.75, 3.05) is 7.05 Å². The van der Waals surface area contributed by atoms with E-state index >= 15 is 0 Å². The lowest BCUT2D eigenvalue weighted by Gasteiger charge is -2.18. The summed E-state index contributed by atoms with van der Waals surface area (Å²) in [5, 5.41) is 0. The van der Waals surface area contributed by atoms with E-state index in [0.29, 0.717) is 12.1 Å². The van der Waals surface area contributed by atoms with E-state index in [2.05, 4.69) is 4.74 Å². The first-order chi connectivity index (χ1) is 12.5. The molecule has 0 N–H and O–H groups in total. The van der Waals surface area contributed by atoms with Crippen LogP contribution in [0.25, 0.3) is 5.69 Å². The molecule has 1 heterocycles. The van der Waals surface area contributed by atoms with E-state index in [9.17, 15) is 13.6 Å². The summed E-state index contributed by atoms with van der Waals surface area (Å²) >= 11 is 0. The number of benzene rings is 2. The van der Waals surface area contributed by atoms with Crippen LogP contribution in [-0.2, 0) is 6.54 Å². The zero-order valence-corrected chi connectivity index (χ0v) is 14.2. The Hall–Kier alpha value is -3.15. The van der Waals surface area contributed by atoms with E-state index in [-0.39, 0.29) is 11.7 Å². The molecule has 3 aromatic rings. The van der Waals surface area contributed by atoms with Crippen LogP contribution in [0.4, 0.5) is 8.78 Å². The van der Waals surface area contributed by atoms with Gasteiger partial charge in [-0.2, -0.15) is 8.78 Å². The lowest BCUT2D eigenvalue weighted by molar-refractivity contribution is -0.0498. The molecular weight excluding hydrogens is 338 g/mol. The number of carbonyl (C=O) groups excluding carboxylic acids is 1. The van der Waals surface area contributed by atoms with E-state index in [0.717, 1.165) is 11.3 Å². The average molecular weight is 356 g/mol. The molecule has 0 radical (unpaired) electrons. The van der Waals surface area contributed by atoms with E-state index in [1.54, 1.807) is 36.2 Å². The van der Waals surface area contributed by atoms with Gasteiger partial charge >= 0.3 is 6.61 Å². The number of alkyl halides is 2. The van der Waals surface area contributed by atoms with Crippen LogP contribution in [0.3, 0.4) is 0 Å². The highest BCUT2D eigenvalue weighted by Gasteiger charge is 2.12. The van der Waals surface area contributed by atoms with Crippen molar-refractivity contribution in [2.45, 2.75) is 13.2 Å². The quantitative estimate of drug-likeness (QED) is 0.658. The topological polar surface area (TPSA) is 34.5 Å². The van der Waals surface area contributed by atoms with Gasteiger partial charge in [-0.15, -0.1) is 0 Å². The summed E-state index contributed by atoms with van der Waals surface area (Å²) in [5.74, 6) is -0.0182. The molecule has 0 aliphatic heterocycles. The fourth-order valence-electron chi connectivity index (χ4n) is 2.63. The van der Waals surface area contributed by atoms with Crippen LogP contribution in [0.2, 0.25) is 0 Å². The molecule has 4 nitrogen and oxygen atoms in total. The van der Waals surface area contributed by atoms with Crippen molar-refractivity contribution in [3.8, 4) is 11.4 Å². The Morgan fingerprint density at radius 2 is 1.65 bits per heavy atom. The average Bonchev–Trinajstić information content (AvgIpc) is 3.17. The van der Waals surface area contributed by atoms with Crippen LogP contribution in [-0.4, -0.2) is 29.0 Å². The highest BCUT2D eigenvalue weighted by molar-refractivity contribution is 5.94. The maximum atomic E-state index is 12.6. The van der Waals surface area contributed by atoms with Crippen LogP contribution in [0.5, 0.6) is 5.75 Å². The van der Waals surface area contributed by atoms with Gasteiger partial charge in [-0.1, -0.05) is 12.1 Å². The summed E-state index contributed by atoms with van der Waals surface area (Å²) in [6.45, 7) is -2.48. The van der Waals surface area contributed by atoms with Crippen molar-refractivity contribution in [2.24, 2.45) is 0 Å². The summed E-state index contributed by atoms with van der Waals surface area (Å²) in [6.07, 6.45) is 3.87. The first-order valence-corrected chi connectivity index (χ1v) is 8.05. The maximum Gasteiger partial charge on any atom is 0.387 e. The van der Waals surface area contributed by atoms with Crippen molar-refractivity contribution < 1.29 is 18.3 Å². The lowest BCUT2D eigenvalue weighted by atomic mass is 10.1. The molecule has 0 spiro atoms. The summed E-state index contributed by atoms with van der Waals surface area (Å²) in [7, 11) is 1.70. The minimum Gasteiger partial charge on any atom is -0.435 e. The number of hydrogen-bond acceptors (Lipinski definition) is 2. The standard InChI is InChI=1S/C20H18F2N2O2/c1-23(14-15-4-10-18(11-5-15)26-20(21)22)19(25)16-6-8-17(9-7-16)24-12-2-3-13-24/h2-13,20H,14H2,1H3. The molecule has 0 atom stereocenters. The van der Waals surface area contributed by atoms with Crippen LogP contribution >= 0.6 is 0 Å². The third kappa shape index (κ3) is 4.27. The van der Waals surface area contributed by atoms with Gasteiger partial charge in [-0.3, -0.25) is 4.79 Å². The molecular formula is C20H18F2N2O2. The number of aromatic nitrogens is 1.